The molecule has 1 fully saturated rings. The molecule has 2 aromatic heterocycles. The van der Waals surface area contributed by atoms with Crippen LogP contribution in [0.15, 0.2) is 150 Å². The molecule has 364 valence electrons. The first-order chi connectivity index (χ1) is 34.7. The molecule has 71 heavy (non-hydrogen) atoms. The molecule has 6 aromatic rings. The highest BCUT2D eigenvalue weighted by Crippen LogP contribution is 2.34. The van der Waals surface area contributed by atoms with E-state index in [2.05, 4.69) is 26.3 Å². The Morgan fingerprint density at radius 1 is 0.704 bits per heavy atom. The van der Waals surface area contributed by atoms with Crippen molar-refractivity contribution in [1.29, 1.82) is 0 Å². The van der Waals surface area contributed by atoms with E-state index in [-0.39, 0.29) is 75.9 Å². The SMILES string of the molecule is O=C1CCC(N2C(=O)c3cccc(NCCOCCOCCOCCNC(=O)C(NC(=O)C(c4cccnc4)N(C(=O)c4ccco4)c4ccc(-c5ccccc5)cc4)c4ccccc4)c3C2=O)C(=O)N1. The molecule has 0 aliphatic carbocycles. The maximum atomic E-state index is 14.7. The molecule has 2 aliphatic rings. The largest absolute Gasteiger partial charge is 0.459 e. The Morgan fingerprint density at radius 2 is 1.38 bits per heavy atom. The number of carbonyl (C=O) groups excluding carboxylic acids is 7. The number of carbonyl (C=O) groups is 7. The van der Waals surface area contributed by atoms with Gasteiger partial charge in [0.1, 0.15) is 18.1 Å². The van der Waals surface area contributed by atoms with Crippen LogP contribution < -0.4 is 26.2 Å². The number of amides is 7. The fourth-order valence-corrected chi connectivity index (χ4v) is 8.28. The number of fused-ring (bicyclic) bond motifs is 1. The molecule has 18 heteroatoms. The van der Waals surface area contributed by atoms with Crippen LogP contribution in [-0.2, 0) is 33.4 Å². The highest BCUT2D eigenvalue weighted by Gasteiger charge is 2.45. The number of furan rings is 1. The van der Waals surface area contributed by atoms with Gasteiger partial charge in [-0.3, -0.25) is 53.7 Å². The van der Waals surface area contributed by atoms with Crippen molar-refractivity contribution in [2.75, 3.05) is 62.9 Å². The van der Waals surface area contributed by atoms with Crippen molar-refractivity contribution >= 4 is 52.7 Å². The van der Waals surface area contributed by atoms with Crippen LogP contribution in [0.3, 0.4) is 0 Å². The van der Waals surface area contributed by atoms with Crippen molar-refractivity contribution < 1.29 is 52.2 Å². The molecule has 7 amide bonds. The average Bonchev–Trinajstić information content (AvgIpc) is 4.03. The Bertz CT molecular complexity index is 2810. The summed E-state index contributed by atoms with van der Waals surface area (Å²) < 4.78 is 22.5. The molecule has 2 aliphatic heterocycles. The summed E-state index contributed by atoms with van der Waals surface area (Å²) >= 11 is 0. The number of ether oxygens (including phenoxy) is 3. The number of hydrogen-bond acceptors (Lipinski definition) is 13. The van der Waals surface area contributed by atoms with Crippen LogP contribution >= 0.6 is 0 Å². The molecular weight excluding hydrogens is 911 g/mol. The van der Waals surface area contributed by atoms with Crippen molar-refractivity contribution in [3.63, 3.8) is 0 Å². The quantitative estimate of drug-likeness (QED) is 0.0475. The van der Waals surface area contributed by atoms with Crippen molar-refractivity contribution in [3.8, 4) is 11.1 Å². The molecular formula is C53H51N7O11. The molecule has 18 nitrogen and oxygen atoms in total. The fourth-order valence-electron chi connectivity index (χ4n) is 8.28. The highest BCUT2D eigenvalue weighted by molar-refractivity contribution is 6.25. The minimum atomic E-state index is -1.29. The molecule has 0 spiro atoms. The van der Waals surface area contributed by atoms with Gasteiger partial charge in [-0.15, -0.1) is 0 Å². The van der Waals surface area contributed by atoms with Crippen LogP contribution in [0, 0.1) is 0 Å². The van der Waals surface area contributed by atoms with Crippen molar-refractivity contribution in [2.45, 2.75) is 31.0 Å². The van der Waals surface area contributed by atoms with Gasteiger partial charge in [0.25, 0.3) is 17.7 Å². The van der Waals surface area contributed by atoms with Crippen LogP contribution in [0.2, 0.25) is 0 Å². The van der Waals surface area contributed by atoms with E-state index in [4.69, 9.17) is 18.6 Å². The summed E-state index contributed by atoms with van der Waals surface area (Å²) in [4.78, 5) is 100.0. The predicted molar refractivity (Wildman–Crippen MR) is 259 cm³/mol. The number of hydrogen-bond donors (Lipinski definition) is 4. The smallest absolute Gasteiger partial charge is 0.294 e. The molecule has 0 radical (unpaired) electrons. The summed E-state index contributed by atoms with van der Waals surface area (Å²) in [7, 11) is 0. The minimum absolute atomic E-state index is 0.0103. The Balaban J connectivity index is 0.803. The molecule has 8 rings (SSSR count). The second kappa shape index (κ2) is 23.8. The maximum Gasteiger partial charge on any atom is 0.294 e. The predicted octanol–water partition coefficient (Wildman–Crippen LogP) is 5.27. The second-order valence-corrected chi connectivity index (χ2v) is 16.3. The minimum Gasteiger partial charge on any atom is -0.459 e. The summed E-state index contributed by atoms with van der Waals surface area (Å²) in [5.41, 5.74) is 3.99. The number of aromatic nitrogens is 1. The lowest BCUT2D eigenvalue weighted by Crippen LogP contribution is -2.54. The van der Waals surface area contributed by atoms with E-state index in [0.29, 0.717) is 29.0 Å². The standard InChI is InChI=1S/C53H51N7O11/c61-44-23-22-42(48(62)57-44)60-51(65)40-15-7-16-41(45(40)53(60)67)55-25-28-68-30-32-70-33-31-69-29-26-56-49(63)46(37-12-5-2-6-13-37)58-50(64)47(38-14-8-24-54-34-38)59(52(66)43-17-9-27-71-43)39-20-18-36(19-21-39)35-10-3-1-4-11-35/h1-21,24,27,34,42,46-47,55H,22-23,25-26,28-33H2,(H,56,63)(H,58,64)(H,57,61,62). The Kier molecular flexibility index (Phi) is 16.5. The zero-order chi connectivity index (χ0) is 49.5. The molecule has 3 atom stereocenters. The molecule has 0 saturated carbocycles. The number of anilines is 2. The van der Waals surface area contributed by atoms with Crippen LogP contribution in [0.5, 0.6) is 0 Å². The Morgan fingerprint density at radius 3 is 2.06 bits per heavy atom. The van der Waals surface area contributed by atoms with E-state index < -0.39 is 59.5 Å². The normalized spacial score (nSPS) is 15.1. The molecule has 4 N–H and O–H groups in total. The van der Waals surface area contributed by atoms with Gasteiger partial charge in [-0.25, -0.2) is 0 Å². The zero-order valence-electron chi connectivity index (χ0n) is 38.5. The first kappa shape index (κ1) is 49.1. The van der Waals surface area contributed by atoms with E-state index in [1.54, 1.807) is 79.0 Å². The zero-order valence-corrected chi connectivity index (χ0v) is 38.5. The van der Waals surface area contributed by atoms with Gasteiger partial charge in [-0.05, 0) is 65.6 Å². The van der Waals surface area contributed by atoms with Gasteiger partial charge in [0.15, 0.2) is 5.76 Å². The lowest BCUT2D eigenvalue weighted by atomic mass is 10.0. The summed E-state index contributed by atoms with van der Waals surface area (Å²) in [6, 6.07) is 33.6. The maximum absolute atomic E-state index is 14.7. The number of benzene rings is 4. The molecule has 3 unspecified atom stereocenters. The second-order valence-electron chi connectivity index (χ2n) is 16.3. The number of pyridine rings is 1. The van der Waals surface area contributed by atoms with E-state index >= 15 is 0 Å². The Hall–Kier alpha value is -8.32. The van der Waals surface area contributed by atoms with E-state index in [1.165, 1.54) is 29.5 Å². The summed E-state index contributed by atoms with van der Waals surface area (Å²) in [6.07, 6.45) is 4.56. The third-order valence-electron chi connectivity index (χ3n) is 11.7. The van der Waals surface area contributed by atoms with Gasteiger partial charge in [0, 0.05) is 48.8 Å². The molecule has 4 aromatic carbocycles. The number of piperidine rings is 1. The van der Waals surface area contributed by atoms with Gasteiger partial charge >= 0.3 is 0 Å². The fraction of sp³-hybridized carbons (Fsp3) is 0.245. The summed E-state index contributed by atoms with van der Waals surface area (Å²) in [6.45, 7) is 1.89. The monoisotopic (exact) mass is 961 g/mol. The van der Waals surface area contributed by atoms with Crippen molar-refractivity contribution in [2.24, 2.45) is 0 Å². The van der Waals surface area contributed by atoms with Gasteiger partial charge < -0.3 is 34.6 Å². The topological polar surface area (TPSA) is 228 Å². The number of rotatable bonds is 23. The molecule has 1 saturated heterocycles. The Labute approximate surface area is 408 Å². The molecule has 4 heterocycles. The first-order valence-corrected chi connectivity index (χ1v) is 23.1. The van der Waals surface area contributed by atoms with Crippen LogP contribution in [0.1, 0.15) is 67.3 Å². The summed E-state index contributed by atoms with van der Waals surface area (Å²) in [5, 5.41) is 11.1. The van der Waals surface area contributed by atoms with E-state index in [9.17, 15) is 33.6 Å². The average molecular weight is 962 g/mol. The summed E-state index contributed by atoms with van der Waals surface area (Å²) in [5.74, 6) is -4.00. The van der Waals surface area contributed by atoms with Crippen molar-refractivity contribution in [1.82, 2.24) is 25.8 Å². The van der Waals surface area contributed by atoms with Crippen molar-refractivity contribution in [3.05, 3.63) is 174 Å². The third kappa shape index (κ3) is 11.9. The van der Waals surface area contributed by atoms with Gasteiger partial charge in [0.2, 0.25) is 23.6 Å². The number of imide groups is 2. The lowest BCUT2D eigenvalue weighted by molar-refractivity contribution is -0.136. The third-order valence-corrected chi connectivity index (χ3v) is 11.7. The highest BCUT2D eigenvalue weighted by atomic mass is 16.5. The van der Waals surface area contributed by atoms with Crippen LogP contribution in [0.25, 0.3) is 11.1 Å². The van der Waals surface area contributed by atoms with Crippen LogP contribution in [-0.4, -0.2) is 110 Å². The van der Waals surface area contributed by atoms with Crippen LogP contribution in [0.4, 0.5) is 11.4 Å². The number of nitrogens with one attached hydrogen (secondary N) is 4. The van der Waals surface area contributed by atoms with E-state index in [1.807, 2.05) is 42.5 Å². The first-order valence-electron chi connectivity index (χ1n) is 23.1. The van der Waals surface area contributed by atoms with Gasteiger partial charge in [-0.1, -0.05) is 84.9 Å². The van der Waals surface area contributed by atoms with Gasteiger partial charge in [-0.2, -0.15) is 0 Å². The van der Waals surface area contributed by atoms with Gasteiger partial charge in [0.05, 0.1) is 57.0 Å². The van der Waals surface area contributed by atoms with E-state index in [0.717, 1.165) is 16.0 Å². The number of nitrogens with zero attached hydrogens (tertiary/aromatic N) is 3. The lowest BCUT2D eigenvalue weighted by Gasteiger charge is -2.32. The molecule has 0 bridgehead atoms.